The van der Waals surface area contributed by atoms with E-state index in [2.05, 4.69) is 4.72 Å². The Morgan fingerprint density at radius 2 is 1.83 bits per heavy atom. The molecule has 6 heteroatoms. The SMILES string of the molecule is CC.CS(=O)(=O)NCCC(=O)Cl. The number of carbonyl (C=O) groups is 1. The highest BCUT2D eigenvalue weighted by Gasteiger charge is 2.00. The average Bonchev–Trinajstić information content (AvgIpc) is 1.88. The number of halogens is 1. The molecule has 0 bridgehead atoms. The van der Waals surface area contributed by atoms with Gasteiger partial charge in [0.15, 0.2) is 0 Å². The van der Waals surface area contributed by atoms with E-state index in [-0.39, 0.29) is 13.0 Å². The molecule has 74 valence electrons. The van der Waals surface area contributed by atoms with Gasteiger partial charge < -0.3 is 0 Å². The maximum atomic E-state index is 10.3. The highest BCUT2D eigenvalue weighted by Crippen LogP contribution is 1.86. The largest absolute Gasteiger partial charge is 0.281 e. The predicted molar refractivity (Wildman–Crippen MR) is 49.7 cm³/mol. The molecule has 0 fully saturated rings. The van der Waals surface area contributed by atoms with Crippen molar-refractivity contribution in [2.45, 2.75) is 20.3 Å². The van der Waals surface area contributed by atoms with Crippen molar-refractivity contribution in [2.75, 3.05) is 12.8 Å². The van der Waals surface area contributed by atoms with E-state index in [0.29, 0.717) is 0 Å². The van der Waals surface area contributed by atoms with Crippen molar-refractivity contribution in [3.8, 4) is 0 Å². The molecule has 12 heavy (non-hydrogen) atoms. The molecule has 0 aliphatic rings. The van der Waals surface area contributed by atoms with E-state index in [1.807, 2.05) is 13.8 Å². The summed E-state index contributed by atoms with van der Waals surface area (Å²) in [5.74, 6) is 0. The van der Waals surface area contributed by atoms with Crippen molar-refractivity contribution in [2.24, 2.45) is 0 Å². The zero-order chi connectivity index (χ0) is 10.2. The number of nitrogens with one attached hydrogen (secondary N) is 1. The molecule has 0 radical (unpaired) electrons. The molecule has 0 heterocycles. The zero-order valence-corrected chi connectivity index (χ0v) is 9.00. The van der Waals surface area contributed by atoms with Gasteiger partial charge in [-0.15, -0.1) is 0 Å². The van der Waals surface area contributed by atoms with Gasteiger partial charge in [-0.3, -0.25) is 4.79 Å². The summed E-state index contributed by atoms with van der Waals surface area (Å²) in [5.41, 5.74) is 0. The Balaban J connectivity index is 0. The molecule has 1 N–H and O–H groups in total. The monoisotopic (exact) mass is 215 g/mol. The smallest absolute Gasteiger partial charge is 0.222 e. The van der Waals surface area contributed by atoms with Crippen molar-refractivity contribution in [3.05, 3.63) is 0 Å². The predicted octanol–water partition coefficient (Wildman–Crippen LogP) is 0.717. The van der Waals surface area contributed by atoms with Gasteiger partial charge >= 0.3 is 0 Å². The first-order valence-corrected chi connectivity index (χ1v) is 5.82. The molecule has 0 aliphatic carbocycles. The van der Waals surface area contributed by atoms with Crippen LogP contribution in [0, 0.1) is 0 Å². The second-order valence-electron chi connectivity index (χ2n) is 1.77. The number of sulfonamides is 1. The minimum absolute atomic E-state index is 0.0224. The van der Waals surface area contributed by atoms with E-state index >= 15 is 0 Å². The number of carbonyl (C=O) groups excluding carboxylic acids is 1. The van der Waals surface area contributed by atoms with Crippen LogP contribution in [0.5, 0.6) is 0 Å². The quantitative estimate of drug-likeness (QED) is 0.703. The molecule has 0 spiro atoms. The maximum absolute atomic E-state index is 10.3. The van der Waals surface area contributed by atoms with Crippen LogP contribution < -0.4 is 4.72 Å². The fraction of sp³-hybridized carbons (Fsp3) is 0.833. The van der Waals surface area contributed by atoms with Gasteiger partial charge in [0, 0.05) is 13.0 Å². The molecule has 0 atom stereocenters. The van der Waals surface area contributed by atoms with Gasteiger partial charge in [-0.25, -0.2) is 13.1 Å². The minimum atomic E-state index is -3.18. The Labute approximate surface area is 78.3 Å². The van der Waals surface area contributed by atoms with Crippen molar-refractivity contribution < 1.29 is 13.2 Å². The molecule has 4 nitrogen and oxygen atoms in total. The summed E-state index contributed by atoms with van der Waals surface area (Å²) in [7, 11) is -3.18. The molecule has 0 aromatic heterocycles. The number of hydrogen-bond donors (Lipinski definition) is 1. The van der Waals surface area contributed by atoms with Crippen LogP contribution in [0.4, 0.5) is 0 Å². The van der Waals surface area contributed by atoms with Gasteiger partial charge in [-0.05, 0) is 11.6 Å². The number of rotatable bonds is 4. The maximum Gasteiger partial charge on any atom is 0.222 e. The summed E-state index contributed by atoms with van der Waals surface area (Å²) in [5, 5.41) is -0.545. The Morgan fingerprint density at radius 1 is 1.42 bits per heavy atom. The third kappa shape index (κ3) is 16.5. The van der Waals surface area contributed by atoms with Crippen molar-refractivity contribution in [1.82, 2.24) is 4.72 Å². The summed E-state index contributed by atoms with van der Waals surface area (Å²) in [6.07, 6.45) is 1.04. The van der Waals surface area contributed by atoms with Gasteiger partial charge in [0.2, 0.25) is 15.3 Å². The van der Waals surface area contributed by atoms with E-state index in [1.165, 1.54) is 0 Å². The third-order valence-electron chi connectivity index (χ3n) is 0.686. The molecule has 0 amide bonds. The lowest BCUT2D eigenvalue weighted by molar-refractivity contribution is -0.111. The lowest BCUT2D eigenvalue weighted by Gasteiger charge is -1.96. The lowest BCUT2D eigenvalue weighted by atomic mass is 10.5. The first-order valence-electron chi connectivity index (χ1n) is 3.55. The summed E-state index contributed by atoms with van der Waals surface area (Å²) in [4.78, 5) is 10.1. The Bertz CT molecular complexity index is 213. The highest BCUT2D eigenvalue weighted by atomic mass is 35.5. The van der Waals surface area contributed by atoms with Crippen LogP contribution in [-0.2, 0) is 14.8 Å². The third-order valence-corrected chi connectivity index (χ3v) is 1.60. The van der Waals surface area contributed by atoms with Crippen LogP contribution in [-0.4, -0.2) is 26.5 Å². The minimum Gasteiger partial charge on any atom is -0.281 e. The summed E-state index contributed by atoms with van der Waals surface area (Å²) in [6, 6.07) is 0. The van der Waals surface area contributed by atoms with Gasteiger partial charge in [0.05, 0.1) is 6.26 Å². The van der Waals surface area contributed by atoms with Crippen LogP contribution in [0.1, 0.15) is 20.3 Å². The fourth-order valence-electron chi connectivity index (χ4n) is 0.335. The molecule has 0 aromatic carbocycles. The van der Waals surface area contributed by atoms with Crippen molar-refractivity contribution in [3.63, 3.8) is 0 Å². The summed E-state index contributed by atoms with van der Waals surface area (Å²) in [6.45, 7) is 4.07. The molecular formula is C6H14ClNO3S. The molecule has 0 aromatic rings. The van der Waals surface area contributed by atoms with Gasteiger partial charge in [0.1, 0.15) is 0 Å². The molecule has 0 unspecified atom stereocenters. The molecule has 0 saturated heterocycles. The van der Waals surface area contributed by atoms with Crippen LogP contribution >= 0.6 is 11.6 Å². The van der Waals surface area contributed by atoms with Crippen LogP contribution in [0.3, 0.4) is 0 Å². The normalized spacial score (nSPS) is 10.0. The van der Waals surface area contributed by atoms with Crippen LogP contribution in [0.2, 0.25) is 0 Å². The average molecular weight is 216 g/mol. The summed E-state index contributed by atoms with van der Waals surface area (Å²) < 4.78 is 22.8. The van der Waals surface area contributed by atoms with Gasteiger partial charge in [-0.2, -0.15) is 0 Å². The highest BCUT2D eigenvalue weighted by molar-refractivity contribution is 7.88. The molecular weight excluding hydrogens is 202 g/mol. The lowest BCUT2D eigenvalue weighted by Crippen LogP contribution is -2.23. The Hall–Kier alpha value is -0.130. The van der Waals surface area contributed by atoms with Crippen molar-refractivity contribution >= 4 is 26.9 Å². The van der Waals surface area contributed by atoms with E-state index in [1.54, 1.807) is 0 Å². The fourth-order valence-corrected chi connectivity index (χ4v) is 0.902. The van der Waals surface area contributed by atoms with E-state index in [0.717, 1.165) is 6.26 Å². The first-order chi connectivity index (χ1) is 5.42. The molecule has 0 saturated carbocycles. The topological polar surface area (TPSA) is 63.2 Å². The Kier molecular flexibility index (Phi) is 9.02. The second-order valence-corrected chi connectivity index (χ2v) is 4.03. The van der Waals surface area contributed by atoms with E-state index in [4.69, 9.17) is 11.6 Å². The van der Waals surface area contributed by atoms with E-state index in [9.17, 15) is 13.2 Å². The van der Waals surface area contributed by atoms with Crippen molar-refractivity contribution in [1.29, 1.82) is 0 Å². The molecule has 0 rings (SSSR count). The standard InChI is InChI=1S/C4H8ClNO3S.C2H6/c1-10(8,9)6-3-2-4(5)7;1-2/h6H,2-3H2,1H3;1-2H3. The van der Waals surface area contributed by atoms with Crippen LogP contribution in [0.15, 0.2) is 0 Å². The zero-order valence-electron chi connectivity index (χ0n) is 7.43. The van der Waals surface area contributed by atoms with Gasteiger partial charge in [-0.1, -0.05) is 13.8 Å². The van der Waals surface area contributed by atoms with E-state index < -0.39 is 15.3 Å². The summed E-state index contributed by atoms with van der Waals surface area (Å²) >= 11 is 4.93. The van der Waals surface area contributed by atoms with Crippen LogP contribution in [0.25, 0.3) is 0 Å². The van der Waals surface area contributed by atoms with Gasteiger partial charge in [0.25, 0.3) is 0 Å². The second kappa shape index (κ2) is 7.52. The Morgan fingerprint density at radius 3 is 2.08 bits per heavy atom. The first kappa shape index (κ1) is 14.4. The molecule has 0 aliphatic heterocycles. The number of hydrogen-bond acceptors (Lipinski definition) is 3.